The fraction of sp³-hybridized carbons (Fsp3) is 0.533. The number of methoxy groups -OCH3 is 1. The fourth-order valence-corrected chi connectivity index (χ4v) is 2.98. The number of nitrogens with one attached hydrogen (secondary N) is 1. The van der Waals surface area contributed by atoms with Gasteiger partial charge in [-0.2, -0.15) is 18.3 Å². The number of likely N-dealkylation sites (tertiary alicyclic amines) is 1. The lowest BCUT2D eigenvalue weighted by Gasteiger charge is -2.31. The first kappa shape index (κ1) is 17.3. The first-order valence-corrected chi connectivity index (χ1v) is 7.79. The number of alkyl halides is 3. The molecule has 0 spiro atoms. The van der Waals surface area contributed by atoms with Crippen molar-refractivity contribution in [1.82, 2.24) is 24.6 Å². The van der Waals surface area contributed by atoms with Gasteiger partial charge in [-0.1, -0.05) is 0 Å². The Balaban J connectivity index is 1.74. The Morgan fingerprint density at radius 3 is 2.80 bits per heavy atom. The first-order chi connectivity index (χ1) is 11.8. The highest BCUT2D eigenvalue weighted by atomic mass is 19.4. The van der Waals surface area contributed by atoms with Gasteiger partial charge in [0.1, 0.15) is 11.5 Å². The average Bonchev–Trinajstić information content (AvgIpc) is 3.20. The average molecular weight is 357 g/mol. The van der Waals surface area contributed by atoms with Crippen LogP contribution in [0.25, 0.3) is 0 Å². The highest BCUT2D eigenvalue weighted by molar-refractivity contribution is 5.92. The van der Waals surface area contributed by atoms with Crippen molar-refractivity contribution in [2.75, 3.05) is 20.2 Å². The molecule has 1 aliphatic rings. The third-order valence-electron chi connectivity index (χ3n) is 4.26. The van der Waals surface area contributed by atoms with Gasteiger partial charge in [-0.05, 0) is 12.8 Å². The molecular weight excluding hydrogens is 339 g/mol. The lowest BCUT2D eigenvalue weighted by Crippen LogP contribution is -2.39. The van der Waals surface area contributed by atoms with Crippen LogP contribution in [0.1, 0.15) is 40.8 Å². The van der Waals surface area contributed by atoms with E-state index in [9.17, 15) is 18.0 Å². The smallest absolute Gasteiger partial charge is 0.432 e. The zero-order chi connectivity index (χ0) is 18.2. The van der Waals surface area contributed by atoms with E-state index in [1.54, 1.807) is 18.0 Å². The molecular formula is C15H18F3N5O2. The molecule has 0 aromatic carbocycles. The molecule has 1 aliphatic heterocycles. The van der Waals surface area contributed by atoms with Crippen molar-refractivity contribution in [2.45, 2.75) is 24.9 Å². The van der Waals surface area contributed by atoms with Gasteiger partial charge in [-0.15, -0.1) is 0 Å². The maximum absolute atomic E-state index is 12.7. The number of aromatic nitrogens is 4. The molecule has 3 rings (SSSR count). The van der Waals surface area contributed by atoms with E-state index >= 15 is 0 Å². The Morgan fingerprint density at radius 2 is 2.20 bits per heavy atom. The number of H-pyrrole nitrogens is 1. The van der Waals surface area contributed by atoms with E-state index in [4.69, 9.17) is 4.74 Å². The van der Waals surface area contributed by atoms with Crippen molar-refractivity contribution in [3.63, 3.8) is 0 Å². The van der Waals surface area contributed by atoms with Crippen molar-refractivity contribution in [3.05, 3.63) is 29.5 Å². The minimum absolute atomic E-state index is 0.246. The van der Waals surface area contributed by atoms with Crippen LogP contribution in [0.15, 0.2) is 12.3 Å². The number of carbonyl (C=O) groups excluding carboxylic acids is 1. The highest BCUT2D eigenvalue weighted by Crippen LogP contribution is 2.31. The standard InChI is InChI=1S/C15H18F3N5O2/c1-22-12(25-2)6-10(21-22)14(24)23-5-3-4-9(8-23)13-19-7-11(20-13)15(16,17)18/h6-7,9H,3-5,8H2,1-2H3,(H,19,20). The summed E-state index contributed by atoms with van der Waals surface area (Å²) >= 11 is 0. The maximum atomic E-state index is 12.7. The monoisotopic (exact) mass is 357 g/mol. The molecule has 1 saturated heterocycles. The topological polar surface area (TPSA) is 76.0 Å². The lowest BCUT2D eigenvalue weighted by molar-refractivity contribution is -0.141. The van der Waals surface area contributed by atoms with Gasteiger partial charge in [-0.3, -0.25) is 4.79 Å². The molecule has 136 valence electrons. The second kappa shape index (κ2) is 6.41. The predicted molar refractivity (Wildman–Crippen MR) is 81.2 cm³/mol. The summed E-state index contributed by atoms with van der Waals surface area (Å²) in [7, 11) is 3.15. The second-order valence-corrected chi connectivity index (χ2v) is 5.97. The van der Waals surface area contributed by atoms with Crippen LogP contribution in [0.5, 0.6) is 5.88 Å². The van der Waals surface area contributed by atoms with Crippen LogP contribution in [-0.2, 0) is 13.2 Å². The van der Waals surface area contributed by atoms with Crippen LogP contribution in [0.2, 0.25) is 0 Å². The van der Waals surface area contributed by atoms with Crippen LogP contribution in [0.3, 0.4) is 0 Å². The number of amides is 1. The number of ether oxygens (including phenoxy) is 1. The molecule has 1 fully saturated rings. The van der Waals surface area contributed by atoms with Crippen molar-refractivity contribution < 1.29 is 22.7 Å². The summed E-state index contributed by atoms with van der Waals surface area (Å²) in [6.45, 7) is 0.823. The number of piperidine rings is 1. The van der Waals surface area contributed by atoms with Crippen molar-refractivity contribution in [3.8, 4) is 5.88 Å². The van der Waals surface area contributed by atoms with Crippen LogP contribution in [0, 0.1) is 0 Å². The van der Waals surface area contributed by atoms with Gasteiger partial charge < -0.3 is 14.6 Å². The van der Waals surface area contributed by atoms with Gasteiger partial charge in [0.25, 0.3) is 5.91 Å². The molecule has 2 aromatic rings. The van der Waals surface area contributed by atoms with E-state index in [0.29, 0.717) is 31.8 Å². The number of imidazole rings is 1. The van der Waals surface area contributed by atoms with Crippen LogP contribution < -0.4 is 4.74 Å². The summed E-state index contributed by atoms with van der Waals surface area (Å²) in [6, 6.07) is 1.54. The molecule has 7 nitrogen and oxygen atoms in total. The summed E-state index contributed by atoms with van der Waals surface area (Å²) in [5.74, 6) is 0.173. The zero-order valence-electron chi connectivity index (χ0n) is 13.8. The molecule has 0 aliphatic carbocycles. The molecule has 3 heterocycles. The fourth-order valence-electron chi connectivity index (χ4n) is 2.98. The molecule has 1 atom stereocenters. The molecule has 2 aromatic heterocycles. The summed E-state index contributed by atoms with van der Waals surface area (Å²) in [4.78, 5) is 20.4. The molecule has 1 unspecified atom stereocenters. The van der Waals surface area contributed by atoms with Crippen LogP contribution in [0.4, 0.5) is 13.2 Å². The van der Waals surface area contributed by atoms with Gasteiger partial charge in [0, 0.05) is 32.1 Å². The Kier molecular flexibility index (Phi) is 4.44. The third-order valence-corrected chi connectivity index (χ3v) is 4.26. The molecule has 25 heavy (non-hydrogen) atoms. The Labute approximate surface area is 141 Å². The summed E-state index contributed by atoms with van der Waals surface area (Å²) in [6.07, 6.45) is -2.32. The number of halogens is 3. The zero-order valence-corrected chi connectivity index (χ0v) is 13.8. The maximum Gasteiger partial charge on any atom is 0.432 e. The summed E-state index contributed by atoms with van der Waals surface area (Å²) < 4.78 is 44.7. The van der Waals surface area contributed by atoms with E-state index < -0.39 is 11.9 Å². The number of rotatable bonds is 3. The molecule has 0 bridgehead atoms. The van der Waals surface area contributed by atoms with Crippen LogP contribution >= 0.6 is 0 Å². The predicted octanol–water partition coefficient (Wildman–Crippen LogP) is 2.19. The molecule has 0 radical (unpaired) electrons. The van der Waals surface area contributed by atoms with Gasteiger partial charge in [0.05, 0.1) is 13.3 Å². The molecule has 1 N–H and O–H groups in total. The first-order valence-electron chi connectivity index (χ1n) is 7.79. The summed E-state index contributed by atoms with van der Waals surface area (Å²) in [5, 5.41) is 4.12. The number of hydrogen-bond donors (Lipinski definition) is 1. The quantitative estimate of drug-likeness (QED) is 0.914. The largest absolute Gasteiger partial charge is 0.481 e. The Hall–Kier alpha value is -2.52. The normalized spacial score (nSPS) is 18.4. The SMILES string of the molecule is COc1cc(C(=O)N2CCCC(c3ncc(C(F)(F)F)[nH]3)C2)nn1C. The minimum atomic E-state index is -4.46. The lowest BCUT2D eigenvalue weighted by atomic mass is 9.97. The van der Waals surface area contributed by atoms with Gasteiger partial charge in [-0.25, -0.2) is 9.67 Å². The van der Waals surface area contributed by atoms with Crippen LogP contribution in [-0.4, -0.2) is 50.8 Å². The van der Waals surface area contributed by atoms with E-state index in [1.807, 2.05) is 0 Å². The number of aromatic amines is 1. The van der Waals surface area contributed by atoms with E-state index in [0.717, 1.165) is 6.20 Å². The van der Waals surface area contributed by atoms with Crippen molar-refractivity contribution in [1.29, 1.82) is 0 Å². The highest BCUT2D eigenvalue weighted by Gasteiger charge is 2.35. The van der Waals surface area contributed by atoms with Gasteiger partial charge >= 0.3 is 6.18 Å². The number of carbonyl (C=O) groups is 1. The van der Waals surface area contributed by atoms with Crippen molar-refractivity contribution >= 4 is 5.91 Å². The minimum Gasteiger partial charge on any atom is -0.481 e. The van der Waals surface area contributed by atoms with E-state index in [2.05, 4.69) is 15.1 Å². The van der Waals surface area contributed by atoms with E-state index in [1.165, 1.54) is 11.8 Å². The van der Waals surface area contributed by atoms with Gasteiger partial charge in [0.15, 0.2) is 5.69 Å². The van der Waals surface area contributed by atoms with Crippen molar-refractivity contribution in [2.24, 2.45) is 7.05 Å². The Morgan fingerprint density at radius 1 is 1.44 bits per heavy atom. The number of hydrogen-bond acceptors (Lipinski definition) is 4. The van der Waals surface area contributed by atoms with Gasteiger partial charge in [0.2, 0.25) is 5.88 Å². The molecule has 0 saturated carbocycles. The Bertz CT molecular complexity index is 768. The third kappa shape index (κ3) is 3.47. The number of nitrogens with zero attached hydrogens (tertiary/aromatic N) is 4. The second-order valence-electron chi connectivity index (χ2n) is 5.97. The summed E-state index contributed by atoms with van der Waals surface area (Å²) in [5.41, 5.74) is -0.629. The molecule has 1 amide bonds. The molecule has 10 heteroatoms. The van der Waals surface area contributed by atoms with E-state index in [-0.39, 0.29) is 23.3 Å². The number of aryl methyl sites for hydroxylation is 1.